The van der Waals surface area contributed by atoms with Gasteiger partial charge in [-0.1, -0.05) is 0 Å². The number of ether oxygens (including phenoxy) is 1. The molecule has 136 valence electrons. The van der Waals surface area contributed by atoms with Crippen molar-refractivity contribution in [3.63, 3.8) is 0 Å². The molecule has 9 nitrogen and oxygen atoms in total. The fourth-order valence-electron chi connectivity index (χ4n) is 2.77. The molecule has 0 bridgehead atoms. The van der Waals surface area contributed by atoms with Crippen LogP contribution in [-0.4, -0.2) is 92.8 Å². The molecule has 0 aromatic rings. The molecule has 0 saturated carbocycles. The van der Waals surface area contributed by atoms with Crippen molar-refractivity contribution in [3.05, 3.63) is 0 Å². The van der Waals surface area contributed by atoms with Crippen LogP contribution in [0.15, 0.2) is 4.99 Å². The van der Waals surface area contributed by atoms with Gasteiger partial charge in [0.05, 0.1) is 19.8 Å². The van der Waals surface area contributed by atoms with Crippen molar-refractivity contribution in [3.8, 4) is 0 Å². The minimum absolute atomic E-state index is 0.0216. The Morgan fingerprint density at radius 3 is 2.58 bits per heavy atom. The number of nitrogens with zero attached hydrogens (tertiary/aromatic N) is 3. The van der Waals surface area contributed by atoms with Crippen LogP contribution in [0, 0.1) is 0 Å². The van der Waals surface area contributed by atoms with Crippen LogP contribution in [0.25, 0.3) is 0 Å². The zero-order valence-electron chi connectivity index (χ0n) is 14.7. The van der Waals surface area contributed by atoms with Crippen LogP contribution in [-0.2, 0) is 9.53 Å². The fourth-order valence-corrected chi connectivity index (χ4v) is 2.77. The number of hydrogen-bond donors (Lipinski definition) is 3. The number of carbonyl (C=O) groups excluding carboxylic acids is 2. The lowest BCUT2D eigenvalue weighted by molar-refractivity contribution is -0.124. The normalized spacial score (nSPS) is 20.3. The summed E-state index contributed by atoms with van der Waals surface area (Å²) in [7, 11) is 1.70. The molecule has 0 atom stereocenters. The van der Waals surface area contributed by atoms with Gasteiger partial charge in [-0.25, -0.2) is 4.79 Å². The summed E-state index contributed by atoms with van der Waals surface area (Å²) in [6.07, 6.45) is 0. The molecule has 0 radical (unpaired) electrons. The molecule has 0 aliphatic carbocycles. The summed E-state index contributed by atoms with van der Waals surface area (Å²) in [5.74, 6) is 0.460. The van der Waals surface area contributed by atoms with E-state index in [1.807, 2.05) is 0 Å². The molecule has 24 heavy (non-hydrogen) atoms. The minimum atomic E-state index is -0.335. The van der Waals surface area contributed by atoms with E-state index in [4.69, 9.17) is 4.74 Å². The summed E-state index contributed by atoms with van der Waals surface area (Å²) in [6.45, 7) is 9.34. The molecule has 2 saturated heterocycles. The van der Waals surface area contributed by atoms with Crippen molar-refractivity contribution < 1.29 is 14.3 Å². The average Bonchev–Trinajstić information content (AvgIpc) is 2.90. The Labute approximate surface area is 142 Å². The summed E-state index contributed by atoms with van der Waals surface area (Å²) in [5.41, 5.74) is -0.0216. The van der Waals surface area contributed by atoms with Gasteiger partial charge in [0.15, 0.2) is 5.96 Å². The van der Waals surface area contributed by atoms with E-state index in [2.05, 4.69) is 39.7 Å². The van der Waals surface area contributed by atoms with E-state index >= 15 is 0 Å². The van der Waals surface area contributed by atoms with Gasteiger partial charge in [0, 0.05) is 45.3 Å². The second-order valence-electron chi connectivity index (χ2n) is 6.47. The number of aliphatic imine (C=N–C) groups is 1. The standard InChI is InChI=1S/C15H28N6O3/c1-15(2,20-6-8-24-9-7-20)11-19-13(16-3)17-4-5-21-12(22)10-18-14(21)23/h4-11H2,1-3H3,(H,18,23)(H2,16,17,19). The Bertz CT molecular complexity index is 472. The van der Waals surface area contributed by atoms with E-state index in [0.29, 0.717) is 19.0 Å². The number of carbonyl (C=O) groups is 2. The second kappa shape index (κ2) is 8.29. The van der Waals surface area contributed by atoms with Crippen molar-refractivity contribution in [2.45, 2.75) is 19.4 Å². The van der Waals surface area contributed by atoms with Crippen molar-refractivity contribution >= 4 is 17.9 Å². The lowest BCUT2D eigenvalue weighted by atomic mass is 10.0. The molecule has 0 aromatic carbocycles. The van der Waals surface area contributed by atoms with Gasteiger partial charge in [0.1, 0.15) is 0 Å². The molecule has 0 unspecified atom stereocenters. The number of urea groups is 1. The molecule has 2 rings (SSSR count). The topological polar surface area (TPSA) is 98.3 Å². The number of rotatable bonds is 6. The molecular formula is C15H28N6O3. The molecule has 2 aliphatic heterocycles. The summed E-state index contributed by atoms with van der Waals surface area (Å²) >= 11 is 0. The average molecular weight is 340 g/mol. The van der Waals surface area contributed by atoms with Crippen molar-refractivity contribution in [2.24, 2.45) is 4.99 Å². The van der Waals surface area contributed by atoms with E-state index < -0.39 is 0 Å². The summed E-state index contributed by atoms with van der Waals surface area (Å²) in [6, 6.07) is -0.335. The van der Waals surface area contributed by atoms with Crippen molar-refractivity contribution in [1.29, 1.82) is 0 Å². The molecule has 2 aliphatic rings. The molecule has 2 fully saturated rings. The Hall–Kier alpha value is -1.87. The third kappa shape index (κ3) is 4.81. The highest BCUT2D eigenvalue weighted by Gasteiger charge is 2.29. The second-order valence-corrected chi connectivity index (χ2v) is 6.47. The van der Waals surface area contributed by atoms with Crippen LogP contribution in [0.1, 0.15) is 13.8 Å². The lowest BCUT2D eigenvalue weighted by Gasteiger charge is -2.41. The van der Waals surface area contributed by atoms with Crippen LogP contribution in [0.4, 0.5) is 4.79 Å². The SMILES string of the molecule is CN=C(NCCN1C(=O)CNC1=O)NCC(C)(C)N1CCOCC1. The molecule has 2 heterocycles. The first-order valence-electron chi connectivity index (χ1n) is 8.29. The minimum Gasteiger partial charge on any atom is -0.379 e. The molecule has 3 N–H and O–H groups in total. The maximum Gasteiger partial charge on any atom is 0.324 e. The largest absolute Gasteiger partial charge is 0.379 e. The number of guanidine groups is 1. The number of morpholine rings is 1. The first kappa shape index (κ1) is 18.5. The highest BCUT2D eigenvalue weighted by atomic mass is 16.5. The Balaban J connectivity index is 1.73. The van der Waals surface area contributed by atoms with E-state index in [1.165, 1.54) is 4.90 Å². The first-order valence-corrected chi connectivity index (χ1v) is 8.29. The van der Waals surface area contributed by atoms with Crippen LogP contribution in [0.5, 0.6) is 0 Å². The van der Waals surface area contributed by atoms with Crippen LogP contribution < -0.4 is 16.0 Å². The van der Waals surface area contributed by atoms with Gasteiger partial charge in [-0.3, -0.25) is 19.6 Å². The Morgan fingerprint density at radius 2 is 2.00 bits per heavy atom. The predicted octanol–water partition coefficient (Wildman–Crippen LogP) is -1.19. The van der Waals surface area contributed by atoms with E-state index in [1.54, 1.807) is 7.05 Å². The van der Waals surface area contributed by atoms with Gasteiger partial charge in [-0.2, -0.15) is 0 Å². The molecular weight excluding hydrogens is 312 g/mol. The van der Waals surface area contributed by atoms with Gasteiger partial charge in [0.2, 0.25) is 5.91 Å². The third-order valence-electron chi connectivity index (χ3n) is 4.34. The van der Waals surface area contributed by atoms with Crippen LogP contribution in [0.2, 0.25) is 0 Å². The summed E-state index contributed by atoms with van der Waals surface area (Å²) in [5, 5.41) is 8.94. The monoisotopic (exact) mass is 340 g/mol. The van der Waals surface area contributed by atoms with Gasteiger partial charge in [-0.05, 0) is 13.8 Å². The fraction of sp³-hybridized carbons (Fsp3) is 0.800. The van der Waals surface area contributed by atoms with E-state index in [9.17, 15) is 9.59 Å². The van der Waals surface area contributed by atoms with E-state index in [-0.39, 0.29) is 24.0 Å². The maximum absolute atomic E-state index is 11.5. The number of imide groups is 1. The lowest BCUT2D eigenvalue weighted by Crippen LogP contribution is -2.56. The first-order chi connectivity index (χ1) is 11.4. The van der Waals surface area contributed by atoms with Crippen LogP contribution >= 0.6 is 0 Å². The van der Waals surface area contributed by atoms with Gasteiger partial charge in [-0.15, -0.1) is 0 Å². The Kier molecular flexibility index (Phi) is 6.38. The zero-order valence-corrected chi connectivity index (χ0v) is 14.7. The molecule has 3 amide bonds. The van der Waals surface area contributed by atoms with Crippen LogP contribution in [0.3, 0.4) is 0 Å². The highest BCUT2D eigenvalue weighted by Crippen LogP contribution is 2.14. The summed E-state index contributed by atoms with van der Waals surface area (Å²) in [4.78, 5) is 30.8. The third-order valence-corrected chi connectivity index (χ3v) is 4.34. The van der Waals surface area contributed by atoms with Gasteiger partial charge >= 0.3 is 6.03 Å². The maximum atomic E-state index is 11.5. The number of amides is 3. The quantitative estimate of drug-likeness (QED) is 0.320. The molecule has 0 spiro atoms. The summed E-state index contributed by atoms with van der Waals surface area (Å²) < 4.78 is 5.40. The molecule has 0 aromatic heterocycles. The number of nitrogens with one attached hydrogen (secondary N) is 3. The smallest absolute Gasteiger partial charge is 0.324 e. The number of hydrogen-bond acceptors (Lipinski definition) is 5. The van der Waals surface area contributed by atoms with Crippen molar-refractivity contribution in [2.75, 3.05) is 59.5 Å². The Morgan fingerprint density at radius 1 is 1.29 bits per heavy atom. The predicted molar refractivity (Wildman–Crippen MR) is 90.9 cm³/mol. The van der Waals surface area contributed by atoms with Gasteiger partial charge < -0.3 is 20.7 Å². The van der Waals surface area contributed by atoms with Gasteiger partial charge in [0.25, 0.3) is 0 Å². The highest BCUT2D eigenvalue weighted by molar-refractivity contribution is 6.01. The van der Waals surface area contributed by atoms with E-state index in [0.717, 1.165) is 32.8 Å². The molecule has 9 heteroatoms. The van der Waals surface area contributed by atoms with Crippen molar-refractivity contribution in [1.82, 2.24) is 25.8 Å². The zero-order chi connectivity index (χ0) is 17.6.